The highest BCUT2D eigenvalue weighted by molar-refractivity contribution is 7.89. The third-order valence-electron chi connectivity index (χ3n) is 7.01. The molecule has 1 aromatic heterocycles. The molecule has 0 saturated heterocycles. The maximum Gasteiger partial charge on any atom is 0.251 e. The zero-order valence-electron chi connectivity index (χ0n) is 18.8. The number of aromatic nitrogens is 2. The van der Waals surface area contributed by atoms with Gasteiger partial charge in [0.2, 0.25) is 10.0 Å². The summed E-state index contributed by atoms with van der Waals surface area (Å²) in [5.74, 6) is 0.256. The Bertz CT molecular complexity index is 1460. The Morgan fingerprint density at radius 3 is 2.59 bits per heavy atom. The first-order chi connectivity index (χ1) is 16.3. The summed E-state index contributed by atoms with van der Waals surface area (Å²) in [6, 6.07) is 10.9. The van der Waals surface area contributed by atoms with Gasteiger partial charge in [-0.2, -0.15) is 0 Å². The zero-order valence-corrected chi connectivity index (χ0v) is 19.6. The van der Waals surface area contributed by atoms with Gasteiger partial charge in [0.1, 0.15) is 11.5 Å². The molecule has 4 N–H and O–H groups in total. The van der Waals surface area contributed by atoms with Crippen LogP contribution in [-0.4, -0.2) is 36.9 Å². The molecule has 0 unspecified atom stereocenters. The van der Waals surface area contributed by atoms with Crippen molar-refractivity contribution in [1.29, 1.82) is 0 Å². The number of anilines is 1. The molecule has 2 aliphatic carbocycles. The van der Waals surface area contributed by atoms with Gasteiger partial charge in [0, 0.05) is 34.7 Å². The molecular weight excluding hydrogens is 450 g/mol. The largest absolute Gasteiger partial charge is 0.382 e. The lowest BCUT2D eigenvalue weighted by atomic mass is 9.86. The molecule has 1 aliphatic heterocycles. The van der Waals surface area contributed by atoms with E-state index in [1.165, 1.54) is 0 Å². The van der Waals surface area contributed by atoms with Crippen LogP contribution in [0.5, 0.6) is 0 Å². The molecule has 3 aromatic rings. The minimum absolute atomic E-state index is 0.0198. The first-order valence-corrected chi connectivity index (χ1v) is 12.9. The van der Waals surface area contributed by atoms with Gasteiger partial charge in [0.15, 0.2) is 0 Å². The first kappa shape index (κ1) is 21.2. The summed E-state index contributed by atoms with van der Waals surface area (Å²) in [6.07, 6.45) is 5.46. The van der Waals surface area contributed by atoms with E-state index in [1.807, 2.05) is 24.3 Å². The Morgan fingerprint density at radius 1 is 1.12 bits per heavy atom. The van der Waals surface area contributed by atoms with Crippen LogP contribution in [0.2, 0.25) is 0 Å². The van der Waals surface area contributed by atoms with Gasteiger partial charge in [-0.15, -0.1) is 0 Å². The number of carbonyl (C=O) groups is 1. The van der Waals surface area contributed by atoms with Crippen LogP contribution in [0.1, 0.15) is 47.2 Å². The zero-order chi connectivity index (χ0) is 23.7. The lowest BCUT2D eigenvalue weighted by Gasteiger charge is -2.26. The summed E-state index contributed by atoms with van der Waals surface area (Å²) < 4.78 is 28.0. The van der Waals surface area contributed by atoms with Gasteiger partial charge in [0.05, 0.1) is 16.8 Å². The summed E-state index contributed by atoms with van der Waals surface area (Å²) in [6.45, 7) is 2.44. The fraction of sp³-hybridized carbons (Fsp3) is 0.320. The summed E-state index contributed by atoms with van der Waals surface area (Å²) >= 11 is 0. The highest BCUT2D eigenvalue weighted by Gasteiger charge is 2.49. The molecule has 174 valence electrons. The quantitative estimate of drug-likeness (QED) is 0.521. The molecule has 0 atom stereocenters. The lowest BCUT2D eigenvalue weighted by molar-refractivity contribution is 0.0937. The summed E-state index contributed by atoms with van der Waals surface area (Å²) in [7, 11) is -3.54. The molecule has 8 nitrogen and oxygen atoms in total. The van der Waals surface area contributed by atoms with Crippen molar-refractivity contribution in [1.82, 2.24) is 20.0 Å². The first-order valence-electron chi connectivity index (χ1n) is 11.4. The molecule has 1 amide bonds. The highest BCUT2D eigenvalue weighted by Crippen LogP contribution is 2.51. The molecule has 2 heterocycles. The van der Waals surface area contributed by atoms with Crippen molar-refractivity contribution in [2.24, 2.45) is 0 Å². The Hall–Kier alpha value is -3.30. The number of hydrogen-bond acceptors (Lipinski definition) is 6. The van der Waals surface area contributed by atoms with Gasteiger partial charge in [0.25, 0.3) is 5.91 Å². The van der Waals surface area contributed by atoms with Crippen molar-refractivity contribution >= 4 is 21.7 Å². The van der Waals surface area contributed by atoms with Crippen LogP contribution in [0.4, 0.5) is 5.82 Å². The number of fused-ring (bicyclic) bond motifs is 2. The standard InChI is InChI=1S/C25H25N5O3S/c1-14-10-15(3-7-21(14)34(32,33)30-17-4-5-17)20-12-27-23(26)22(29-20)16-2-6-18-19(11-16)25(8-9-25)13-28-24(18)31/h2-3,6-7,10-12,17,30H,4-5,8-9,13H2,1H3,(H2,26,27)(H,28,31). The number of sulfonamides is 1. The van der Waals surface area contributed by atoms with E-state index < -0.39 is 10.0 Å². The molecule has 0 radical (unpaired) electrons. The number of nitrogen functional groups attached to an aromatic ring is 1. The summed E-state index contributed by atoms with van der Waals surface area (Å²) in [5.41, 5.74) is 11.4. The van der Waals surface area contributed by atoms with Crippen molar-refractivity contribution in [3.8, 4) is 22.5 Å². The van der Waals surface area contributed by atoms with Crippen LogP contribution < -0.4 is 15.8 Å². The van der Waals surface area contributed by atoms with E-state index in [4.69, 9.17) is 10.7 Å². The number of nitrogens with one attached hydrogen (secondary N) is 2. The number of amides is 1. The van der Waals surface area contributed by atoms with Gasteiger partial charge in [-0.3, -0.25) is 4.79 Å². The molecule has 2 fully saturated rings. The van der Waals surface area contributed by atoms with Crippen molar-refractivity contribution in [3.63, 3.8) is 0 Å². The average molecular weight is 476 g/mol. The monoisotopic (exact) mass is 475 g/mol. The van der Waals surface area contributed by atoms with E-state index >= 15 is 0 Å². The van der Waals surface area contributed by atoms with Crippen molar-refractivity contribution in [3.05, 3.63) is 59.3 Å². The van der Waals surface area contributed by atoms with Crippen molar-refractivity contribution in [2.45, 2.75) is 49.0 Å². The number of carbonyl (C=O) groups excluding carboxylic acids is 1. The molecule has 9 heteroatoms. The van der Waals surface area contributed by atoms with Crippen LogP contribution in [0.3, 0.4) is 0 Å². The number of benzene rings is 2. The Labute approximate surface area is 198 Å². The van der Waals surface area contributed by atoms with Crippen LogP contribution in [0.25, 0.3) is 22.5 Å². The lowest BCUT2D eigenvalue weighted by Crippen LogP contribution is -2.39. The average Bonchev–Trinajstić information content (AvgIpc) is 3.74. The minimum Gasteiger partial charge on any atom is -0.382 e. The highest BCUT2D eigenvalue weighted by atomic mass is 32.2. The van der Waals surface area contributed by atoms with Gasteiger partial charge in [-0.1, -0.05) is 12.1 Å². The summed E-state index contributed by atoms with van der Waals surface area (Å²) in [5, 5.41) is 2.99. The smallest absolute Gasteiger partial charge is 0.251 e. The number of hydrogen-bond donors (Lipinski definition) is 3. The van der Waals surface area contributed by atoms with Crippen LogP contribution in [-0.2, 0) is 15.4 Å². The molecule has 2 saturated carbocycles. The third kappa shape index (κ3) is 3.56. The third-order valence-corrected chi connectivity index (χ3v) is 8.69. The molecule has 3 aliphatic rings. The van der Waals surface area contributed by atoms with Gasteiger partial charge < -0.3 is 11.1 Å². The van der Waals surface area contributed by atoms with E-state index in [1.54, 1.807) is 25.3 Å². The van der Waals surface area contributed by atoms with Gasteiger partial charge >= 0.3 is 0 Å². The topological polar surface area (TPSA) is 127 Å². The second kappa shape index (κ2) is 7.35. The number of nitrogens with zero attached hydrogens (tertiary/aromatic N) is 2. The van der Waals surface area contributed by atoms with Gasteiger partial charge in [-0.25, -0.2) is 23.1 Å². The predicted molar refractivity (Wildman–Crippen MR) is 129 cm³/mol. The Morgan fingerprint density at radius 2 is 1.88 bits per heavy atom. The van der Waals surface area contributed by atoms with Crippen LogP contribution in [0.15, 0.2) is 47.5 Å². The Balaban J connectivity index is 1.37. The van der Waals surface area contributed by atoms with E-state index in [9.17, 15) is 13.2 Å². The summed E-state index contributed by atoms with van der Waals surface area (Å²) in [4.78, 5) is 21.8. The van der Waals surface area contributed by atoms with Crippen molar-refractivity contribution in [2.75, 3.05) is 12.3 Å². The Kier molecular flexibility index (Phi) is 4.59. The van der Waals surface area contributed by atoms with Crippen molar-refractivity contribution < 1.29 is 13.2 Å². The van der Waals surface area contributed by atoms with E-state index in [0.717, 1.165) is 42.4 Å². The van der Waals surface area contributed by atoms with E-state index in [0.29, 0.717) is 34.9 Å². The molecular formula is C25H25N5O3S. The molecule has 34 heavy (non-hydrogen) atoms. The number of aryl methyl sites for hydroxylation is 1. The fourth-order valence-electron chi connectivity index (χ4n) is 4.71. The second-order valence-corrected chi connectivity index (χ2v) is 11.3. The second-order valence-electron chi connectivity index (χ2n) is 9.59. The maximum absolute atomic E-state index is 12.6. The van der Waals surface area contributed by atoms with Crippen LogP contribution in [0, 0.1) is 6.92 Å². The van der Waals surface area contributed by atoms with Crippen LogP contribution >= 0.6 is 0 Å². The van der Waals surface area contributed by atoms with E-state index in [-0.39, 0.29) is 22.3 Å². The van der Waals surface area contributed by atoms with Gasteiger partial charge in [-0.05, 0) is 68.0 Å². The molecule has 2 aromatic carbocycles. The SMILES string of the molecule is Cc1cc(-c2cnc(N)c(-c3ccc4c(c3)C3(CC3)CNC4=O)n2)ccc1S(=O)(=O)NC1CC1. The number of rotatable bonds is 5. The molecule has 0 bridgehead atoms. The number of nitrogens with two attached hydrogens (primary N) is 1. The predicted octanol–water partition coefficient (Wildman–Crippen LogP) is 2.92. The molecule has 1 spiro atoms. The molecule has 6 rings (SSSR count). The minimum atomic E-state index is -3.54. The normalized spacial score (nSPS) is 18.4. The fourth-order valence-corrected chi connectivity index (χ4v) is 6.24. The van der Waals surface area contributed by atoms with E-state index in [2.05, 4.69) is 15.0 Å². The maximum atomic E-state index is 12.6.